The van der Waals surface area contributed by atoms with Gasteiger partial charge >= 0.3 is 11.9 Å². The summed E-state index contributed by atoms with van der Waals surface area (Å²) in [6.07, 6.45) is 0.943. The van der Waals surface area contributed by atoms with E-state index in [2.05, 4.69) is 26.6 Å². The highest BCUT2D eigenvalue weighted by Gasteiger charge is 2.28. The van der Waals surface area contributed by atoms with Crippen molar-refractivity contribution in [3.05, 3.63) is 0 Å². The number of nitrogens with one attached hydrogen (secondary N) is 6. The molecule has 0 aromatic carbocycles. The molecule has 0 radical (unpaired) electrons. The summed E-state index contributed by atoms with van der Waals surface area (Å²) in [5.74, 6) is -5.14. The van der Waals surface area contributed by atoms with E-state index in [1.54, 1.807) is 0 Å². The number of amides is 3. The number of carboxylic acid groups (broad SMARTS) is 2. The van der Waals surface area contributed by atoms with E-state index in [9.17, 15) is 29.1 Å². The van der Waals surface area contributed by atoms with Gasteiger partial charge in [0.25, 0.3) is 0 Å². The highest BCUT2D eigenvalue weighted by molar-refractivity contribution is 5.94. The Morgan fingerprint density at radius 3 is 2.35 bits per heavy atom. The van der Waals surface area contributed by atoms with Crippen molar-refractivity contribution in [1.29, 1.82) is 5.41 Å². The molecule has 1 saturated heterocycles. The van der Waals surface area contributed by atoms with Crippen LogP contribution in [0.1, 0.15) is 32.1 Å². The SMILES string of the molecule is N=C(N)NCCC[C@H](NC(=O)[C@H](CC(=O)O)NC(=O)CNC(=O)[C@@H]1CCCN1)C(=O)O. The van der Waals surface area contributed by atoms with Crippen molar-refractivity contribution in [2.24, 2.45) is 5.73 Å². The fraction of sp³-hybridized carbons (Fsp3) is 0.647. The summed E-state index contributed by atoms with van der Waals surface area (Å²) in [6.45, 7) is 0.444. The predicted octanol–water partition coefficient (Wildman–Crippen LogP) is -3.35. The van der Waals surface area contributed by atoms with Gasteiger partial charge in [-0.15, -0.1) is 0 Å². The molecule has 1 aliphatic rings. The number of carbonyl (C=O) groups excluding carboxylic acids is 3. The predicted molar refractivity (Wildman–Crippen MR) is 107 cm³/mol. The zero-order chi connectivity index (χ0) is 23.4. The van der Waals surface area contributed by atoms with Gasteiger partial charge in [0, 0.05) is 6.54 Å². The number of hydrogen-bond donors (Lipinski definition) is 9. The second kappa shape index (κ2) is 13.0. The van der Waals surface area contributed by atoms with Gasteiger partial charge in [0.2, 0.25) is 17.7 Å². The van der Waals surface area contributed by atoms with Gasteiger partial charge in [0.05, 0.1) is 19.0 Å². The van der Waals surface area contributed by atoms with E-state index in [0.717, 1.165) is 6.42 Å². The Hall–Kier alpha value is -3.42. The summed E-state index contributed by atoms with van der Waals surface area (Å²) in [7, 11) is 0. The minimum Gasteiger partial charge on any atom is -0.481 e. The van der Waals surface area contributed by atoms with Gasteiger partial charge in [-0.1, -0.05) is 0 Å². The number of hydrogen-bond acceptors (Lipinski definition) is 7. The summed E-state index contributed by atoms with van der Waals surface area (Å²) in [4.78, 5) is 58.8. The molecule has 0 spiro atoms. The molecule has 0 aliphatic carbocycles. The number of rotatable bonds is 13. The van der Waals surface area contributed by atoms with Crippen LogP contribution in [0.15, 0.2) is 0 Å². The molecule has 1 fully saturated rings. The van der Waals surface area contributed by atoms with Gasteiger partial charge in [-0.05, 0) is 32.2 Å². The zero-order valence-electron chi connectivity index (χ0n) is 16.9. The fourth-order valence-electron chi connectivity index (χ4n) is 2.89. The molecule has 0 saturated carbocycles. The molecule has 1 aliphatic heterocycles. The summed E-state index contributed by atoms with van der Waals surface area (Å²) in [5, 5.41) is 37.6. The van der Waals surface area contributed by atoms with E-state index < -0.39 is 54.8 Å². The van der Waals surface area contributed by atoms with Crippen LogP contribution >= 0.6 is 0 Å². The quantitative estimate of drug-likeness (QED) is 0.0778. The molecule has 1 heterocycles. The van der Waals surface area contributed by atoms with E-state index in [-0.39, 0.29) is 31.3 Å². The molecule has 10 N–H and O–H groups in total. The van der Waals surface area contributed by atoms with Gasteiger partial charge in [0.15, 0.2) is 5.96 Å². The van der Waals surface area contributed by atoms with Crippen molar-refractivity contribution in [2.75, 3.05) is 19.6 Å². The number of aliphatic carboxylic acids is 2. The number of guanidine groups is 1. The van der Waals surface area contributed by atoms with Gasteiger partial charge < -0.3 is 42.5 Å². The Labute approximate surface area is 178 Å². The normalized spacial score (nSPS) is 17.1. The van der Waals surface area contributed by atoms with Crippen molar-refractivity contribution in [3.8, 4) is 0 Å². The maximum Gasteiger partial charge on any atom is 0.326 e. The summed E-state index contributed by atoms with van der Waals surface area (Å²) in [5.41, 5.74) is 5.12. The smallest absolute Gasteiger partial charge is 0.326 e. The molecule has 14 nitrogen and oxygen atoms in total. The monoisotopic (exact) mass is 443 g/mol. The molecule has 14 heteroatoms. The Morgan fingerprint density at radius 1 is 1.10 bits per heavy atom. The van der Waals surface area contributed by atoms with E-state index in [4.69, 9.17) is 16.2 Å². The van der Waals surface area contributed by atoms with Crippen molar-refractivity contribution in [2.45, 2.75) is 50.2 Å². The Balaban J connectivity index is 2.59. The first-order valence-electron chi connectivity index (χ1n) is 9.73. The van der Waals surface area contributed by atoms with Crippen LogP contribution in [0.25, 0.3) is 0 Å². The zero-order valence-corrected chi connectivity index (χ0v) is 16.9. The lowest BCUT2D eigenvalue weighted by Crippen LogP contribution is -2.54. The van der Waals surface area contributed by atoms with E-state index >= 15 is 0 Å². The maximum atomic E-state index is 12.4. The van der Waals surface area contributed by atoms with Crippen molar-refractivity contribution in [1.82, 2.24) is 26.6 Å². The third kappa shape index (κ3) is 10.3. The van der Waals surface area contributed by atoms with Gasteiger partial charge in [0.1, 0.15) is 12.1 Å². The summed E-state index contributed by atoms with van der Waals surface area (Å²) >= 11 is 0. The van der Waals surface area contributed by atoms with Crippen molar-refractivity contribution >= 4 is 35.6 Å². The lowest BCUT2D eigenvalue weighted by molar-refractivity contribution is -0.143. The number of nitrogens with two attached hydrogens (primary N) is 1. The van der Waals surface area contributed by atoms with E-state index in [1.807, 2.05) is 0 Å². The standard InChI is InChI=1S/C17H29N7O7/c18-17(19)21-6-2-4-10(16(30)31)24-15(29)11(7-13(26)27)23-12(25)8-22-14(28)9-3-1-5-20-9/h9-11,20H,1-8H2,(H,22,28)(H,23,25)(H,24,29)(H,26,27)(H,30,31)(H4,18,19,21)/t9-,10-,11-/m0/s1. The third-order valence-electron chi connectivity index (χ3n) is 4.43. The second-order valence-electron chi connectivity index (χ2n) is 6.97. The molecule has 1 rings (SSSR count). The molecule has 174 valence electrons. The minimum absolute atomic E-state index is 0.0143. The average molecular weight is 443 g/mol. The van der Waals surface area contributed by atoms with Crippen LogP contribution in [0.4, 0.5) is 0 Å². The van der Waals surface area contributed by atoms with Gasteiger partial charge in [-0.3, -0.25) is 24.6 Å². The molecule has 0 aromatic rings. The molecular weight excluding hydrogens is 414 g/mol. The van der Waals surface area contributed by atoms with E-state index in [0.29, 0.717) is 13.0 Å². The molecule has 3 amide bonds. The van der Waals surface area contributed by atoms with Crippen LogP contribution in [0.5, 0.6) is 0 Å². The number of carboxylic acids is 2. The molecule has 0 aromatic heterocycles. The highest BCUT2D eigenvalue weighted by Crippen LogP contribution is 2.04. The Morgan fingerprint density at radius 2 is 1.81 bits per heavy atom. The average Bonchev–Trinajstić information content (AvgIpc) is 3.22. The largest absolute Gasteiger partial charge is 0.481 e. The first-order chi connectivity index (χ1) is 14.6. The first-order valence-corrected chi connectivity index (χ1v) is 9.73. The van der Waals surface area contributed by atoms with Gasteiger partial charge in [-0.2, -0.15) is 0 Å². The lowest BCUT2D eigenvalue weighted by Gasteiger charge is -2.21. The van der Waals surface area contributed by atoms with Gasteiger partial charge in [-0.25, -0.2) is 4.79 Å². The lowest BCUT2D eigenvalue weighted by atomic mass is 10.1. The van der Waals surface area contributed by atoms with E-state index in [1.165, 1.54) is 0 Å². The topological polar surface area (TPSA) is 236 Å². The second-order valence-corrected chi connectivity index (χ2v) is 6.97. The highest BCUT2D eigenvalue weighted by atomic mass is 16.4. The van der Waals surface area contributed by atoms with Crippen molar-refractivity contribution in [3.63, 3.8) is 0 Å². The maximum absolute atomic E-state index is 12.4. The van der Waals surface area contributed by atoms with Crippen LogP contribution < -0.4 is 32.3 Å². The van der Waals surface area contributed by atoms with Crippen LogP contribution in [-0.2, 0) is 24.0 Å². The van der Waals surface area contributed by atoms with Crippen LogP contribution in [-0.4, -0.2) is 83.6 Å². The molecule has 31 heavy (non-hydrogen) atoms. The Kier molecular flexibility index (Phi) is 10.7. The summed E-state index contributed by atoms with van der Waals surface area (Å²) < 4.78 is 0. The first kappa shape index (κ1) is 25.6. The third-order valence-corrected chi connectivity index (χ3v) is 4.43. The van der Waals surface area contributed by atoms with Crippen LogP contribution in [0.2, 0.25) is 0 Å². The fourth-order valence-corrected chi connectivity index (χ4v) is 2.89. The van der Waals surface area contributed by atoms with Crippen LogP contribution in [0.3, 0.4) is 0 Å². The van der Waals surface area contributed by atoms with Crippen LogP contribution in [0, 0.1) is 5.41 Å². The molecule has 3 atom stereocenters. The minimum atomic E-state index is -1.52. The summed E-state index contributed by atoms with van der Waals surface area (Å²) in [6, 6.07) is -3.26. The molecular formula is C17H29N7O7. The number of carbonyl (C=O) groups is 5. The van der Waals surface area contributed by atoms with Crippen molar-refractivity contribution < 1.29 is 34.2 Å². The molecule has 0 bridgehead atoms. The Bertz CT molecular complexity index is 694. The molecule has 0 unspecified atom stereocenters.